The lowest BCUT2D eigenvalue weighted by molar-refractivity contribution is -0.697. The van der Waals surface area contributed by atoms with Gasteiger partial charge in [-0.3, -0.25) is 0 Å². The first kappa shape index (κ1) is 15.4. The summed E-state index contributed by atoms with van der Waals surface area (Å²) in [7, 11) is 0. The third kappa shape index (κ3) is 4.26. The van der Waals surface area contributed by atoms with Gasteiger partial charge in [0.25, 0.3) is 0 Å². The molecule has 2 nitrogen and oxygen atoms in total. The van der Waals surface area contributed by atoms with Gasteiger partial charge in [0.2, 0.25) is 0 Å². The fraction of sp³-hybridized carbons (Fsp3) is 0.238. The Balaban J connectivity index is 1.69. The molecule has 2 heteroatoms. The minimum absolute atomic E-state index is 0.910. The third-order valence-electron chi connectivity index (χ3n) is 4.09. The molecule has 1 aromatic carbocycles. The molecule has 0 saturated carbocycles. The van der Waals surface area contributed by atoms with Crippen molar-refractivity contribution in [3.05, 3.63) is 84.9 Å². The lowest BCUT2D eigenvalue weighted by Crippen LogP contribution is -2.33. The summed E-state index contributed by atoms with van der Waals surface area (Å²) in [5.41, 5.74) is 3.85. The average molecular weight is 304 g/mol. The van der Waals surface area contributed by atoms with Crippen molar-refractivity contribution in [2.24, 2.45) is 0 Å². The lowest BCUT2D eigenvalue weighted by atomic mass is 10.1. The Morgan fingerprint density at radius 2 is 1.26 bits per heavy atom. The molecule has 0 aliphatic heterocycles. The van der Waals surface area contributed by atoms with Crippen LogP contribution < -0.4 is 9.13 Å². The third-order valence-corrected chi connectivity index (χ3v) is 4.09. The summed E-state index contributed by atoms with van der Waals surface area (Å²) >= 11 is 0. The molecule has 23 heavy (non-hydrogen) atoms. The number of nitrogens with zero attached hydrogens (tertiary/aromatic N) is 2. The minimum Gasteiger partial charge on any atom is -0.205 e. The van der Waals surface area contributed by atoms with E-state index in [9.17, 15) is 0 Å². The number of hydrogen-bond donors (Lipinski definition) is 0. The highest BCUT2D eigenvalue weighted by Crippen LogP contribution is 2.15. The molecule has 116 valence electrons. The van der Waals surface area contributed by atoms with Crippen molar-refractivity contribution in [3.8, 4) is 11.1 Å². The quantitative estimate of drug-likeness (QED) is 0.612. The van der Waals surface area contributed by atoms with E-state index in [1.54, 1.807) is 0 Å². The summed E-state index contributed by atoms with van der Waals surface area (Å²) in [6, 6.07) is 19.3. The van der Waals surface area contributed by atoms with Gasteiger partial charge in [-0.25, -0.2) is 9.13 Å². The van der Waals surface area contributed by atoms with Crippen LogP contribution in [-0.4, -0.2) is 0 Å². The molecule has 2 aromatic heterocycles. The molecular weight excluding hydrogens is 280 g/mol. The maximum Gasteiger partial charge on any atom is 0.173 e. The van der Waals surface area contributed by atoms with Gasteiger partial charge in [0.15, 0.2) is 31.3 Å². The van der Waals surface area contributed by atoms with Crippen LogP contribution in [0, 0.1) is 0 Å². The van der Waals surface area contributed by atoms with Gasteiger partial charge in [0, 0.05) is 36.2 Å². The van der Waals surface area contributed by atoms with Crippen LogP contribution in [0.4, 0.5) is 0 Å². The highest BCUT2D eigenvalue weighted by molar-refractivity contribution is 5.60. The summed E-state index contributed by atoms with van der Waals surface area (Å²) in [4.78, 5) is 0. The summed E-state index contributed by atoms with van der Waals surface area (Å²) < 4.78 is 4.47. The Kier molecular flexibility index (Phi) is 5.15. The van der Waals surface area contributed by atoms with E-state index in [2.05, 4.69) is 95.4 Å². The first-order chi connectivity index (χ1) is 11.3. The van der Waals surface area contributed by atoms with E-state index in [0.29, 0.717) is 0 Å². The molecule has 3 aromatic rings. The Bertz CT molecular complexity index is 716. The fourth-order valence-electron chi connectivity index (χ4n) is 2.69. The van der Waals surface area contributed by atoms with E-state index in [1.807, 2.05) is 0 Å². The highest BCUT2D eigenvalue weighted by Gasteiger charge is 2.06. The van der Waals surface area contributed by atoms with Crippen molar-refractivity contribution in [1.82, 2.24) is 0 Å². The van der Waals surface area contributed by atoms with Gasteiger partial charge in [-0.05, 0) is 11.1 Å². The predicted molar refractivity (Wildman–Crippen MR) is 92.7 cm³/mol. The molecule has 0 spiro atoms. The number of aryl methyl sites for hydroxylation is 1. The second-order valence-corrected chi connectivity index (χ2v) is 5.92. The number of unbranched alkanes of at least 4 members (excludes halogenated alkanes) is 1. The Labute approximate surface area is 138 Å². The molecule has 0 radical (unpaired) electrons. The van der Waals surface area contributed by atoms with Crippen molar-refractivity contribution >= 4 is 0 Å². The zero-order chi connectivity index (χ0) is 15.9. The van der Waals surface area contributed by atoms with Crippen LogP contribution in [0.25, 0.3) is 11.1 Å². The van der Waals surface area contributed by atoms with E-state index in [0.717, 1.165) is 13.1 Å². The first-order valence-electron chi connectivity index (χ1n) is 8.37. The molecule has 0 fully saturated rings. The topological polar surface area (TPSA) is 7.76 Å². The van der Waals surface area contributed by atoms with Gasteiger partial charge < -0.3 is 0 Å². The van der Waals surface area contributed by atoms with Gasteiger partial charge in [-0.2, -0.15) is 0 Å². The SMILES string of the molecule is CCCC[n+]1ccc(-c2cc[n+](Cc3ccccc3)cc2)cc1. The Hall–Kier alpha value is -2.48. The monoisotopic (exact) mass is 304 g/mol. The van der Waals surface area contributed by atoms with Gasteiger partial charge in [-0.15, -0.1) is 0 Å². The summed E-state index contributed by atoms with van der Waals surface area (Å²) in [5, 5.41) is 0. The molecule has 0 atom stereocenters. The normalized spacial score (nSPS) is 10.7. The predicted octanol–water partition coefficient (Wildman–Crippen LogP) is 3.78. The molecule has 3 rings (SSSR count). The number of benzene rings is 1. The molecule has 0 aliphatic rings. The van der Waals surface area contributed by atoms with Crippen molar-refractivity contribution in [2.75, 3.05) is 0 Å². The van der Waals surface area contributed by atoms with Crippen molar-refractivity contribution < 1.29 is 9.13 Å². The summed E-state index contributed by atoms with van der Waals surface area (Å²) in [5.74, 6) is 0. The molecule has 0 amide bonds. The molecule has 0 saturated heterocycles. The van der Waals surface area contributed by atoms with Crippen molar-refractivity contribution in [1.29, 1.82) is 0 Å². The van der Waals surface area contributed by atoms with Crippen LogP contribution in [0.2, 0.25) is 0 Å². The molecule has 0 unspecified atom stereocenters. The maximum absolute atomic E-state index is 2.26. The lowest BCUT2D eigenvalue weighted by Gasteiger charge is -2.02. The zero-order valence-corrected chi connectivity index (χ0v) is 13.7. The van der Waals surface area contributed by atoms with Crippen LogP contribution in [0.5, 0.6) is 0 Å². The summed E-state index contributed by atoms with van der Waals surface area (Å²) in [6.07, 6.45) is 11.1. The van der Waals surface area contributed by atoms with Crippen LogP contribution in [-0.2, 0) is 13.1 Å². The highest BCUT2D eigenvalue weighted by atomic mass is 14.9. The zero-order valence-electron chi connectivity index (χ0n) is 13.7. The molecular formula is C21H24N2+2. The largest absolute Gasteiger partial charge is 0.205 e. The smallest absolute Gasteiger partial charge is 0.173 e. The van der Waals surface area contributed by atoms with Gasteiger partial charge >= 0.3 is 0 Å². The van der Waals surface area contributed by atoms with Gasteiger partial charge in [0.05, 0.1) is 0 Å². The Morgan fingerprint density at radius 3 is 1.83 bits per heavy atom. The first-order valence-corrected chi connectivity index (χ1v) is 8.37. The van der Waals surface area contributed by atoms with Crippen LogP contribution in [0.3, 0.4) is 0 Å². The van der Waals surface area contributed by atoms with Crippen LogP contribution in [0.1, 0.15) is 25.3 Å². The van der Waals surface area contributed by atoms with Gasteiger partial charge in [-0.1, -0.05) is 43.7 Å². The molecule has 2 heterocycles. The Morgan fingerprint density at radius 1 is 0.696 bits per heavy atom. The molecule has 0 N–H and O–H groups in total. The van der Waals surface area contributed by atoms with Gasteiger partial charge in [0.1, 0.15) is 6.54 Å². The molecule has 0 aliphatic carbocycles. The second-order valence-electron chi connectivity index (χ2n) is 5.92. The van der Waals surface area contributed by atoms with E-state index in [4.69, 9.17) is 0 Å². The van der Waals surface area contributed by atoms with Crippen molar-refractivity contribution in [3.63, 3.8) is 0 Å². The minimum atomic E-state index is 0.910. The van der Waals surface area contributed by atoms with E-state index in [-0.39, 0.29) is 0 Å². The number of rotatable bonds is 6. The van der Waals surface area contributed by atoms with Crippen LogP contribution in [0.15, 0.2) is 79.4 Å². The maximum atomic E-state index is 2.26. The number of pyridine rings is 2. The standard InChI is InChI=1S/C21H24N2/c1-2-3-13-22-14-9-20(10-15-22)21-11-16-23(17-12-21)18-19-7-5-4-6-8-19/h4-12,14-17H,2-3,13,18H2,1H3/q+2. The number of hydrogen-bond acceptors (Lipinski definition) is 0. The van der Waals surface area contributed by atoms with Crippen molar-refractivity contribution in [2.45, 2.75) is 32.9 Å². The fourth-order valence-corrected chi connectivity index (χ4v) is 2.69. The van der Waals surface area contributed by atoms with E-state index < -0.39 is 0 Å². The average Bonchev–Trinajstić information content (AvgIpc) is 2.62. The molecule has 0 bridgehead atoms. The second kappa shape index (κ2) is 7.68. The van der Waals surface area contributed by atoms with E-state index in [1.165, 1.54) is 29.5 Å². The van der Waals surface area contributed by atoms with Crippen LogP contribution >= 0.6 is 0 Å². The number of aromatic nitrogens is 2. The summed E-state index contributed by atoms with van der Waals surface area (Å²) in [6.45, 7) is 4.24. The van der Waals surface area contributed by atoms with E-state index >= 15 is 0 Å².